The van der Waals surface area contributed by atoms with Gasteiger partial charge in [0.05, 0.1) is 0 Å². The van der Waals surface area contributed by atoms with Crippen LogP contribution in [0.5, 0.6) is 0 Å². The maximum Gasteiger partial charge on any atom is 0.220 e. The number of amides is 1. The van der Waals surface area contributed by atoms with E-state index in [1.54, 1.807) is 0 Å². The van der Waals surface area contributed by atoms with E-state index in [0.29, 0.717) is 12.0 Å². The Hall–Kier alpha value is -1.30. The summed E-state index contributed by atoms with van der Waals surface area (Å²) in [6.07, 6.45) is 5.00. The second kappa shape index (κ2) is 9.60. The molecule has 1 amide bonds. The lowest BCUT2D eigenvalue weighted by molar-refractivity contribution is -0.123. The number of rotatable bonds is 8. The summed E-state index contributed by atoms with van der Waals surface area (Å²) in [5.41, 5.74) is 11.1. The molecule has 0 bridgehead atoms. The number of guanidine groups is 1. The molecule has 0 saturated carbocycles. The summed E-state index contributed by atoms with van der Waals surface area (Å²) in [5, 5.41) is 3.16. The molecular weight excluding hydrogens is 266 g/mol. The predicted molar refractivity (Wildman–Crippen MR) is 87.0 cm³/mol. The zero-order chi connectivity index (χ0) is 15.7. The Labute approximate surface area is 128 Å². The van der Waals surface area contributed by atoms with E-state index >= 15 is 0 Å². The first-order valence-electron chi connectivity index (χ1n) is 8.11. The Kier molecular flexibility index (Phi) is 8.12. The number of hydrogen-bond donors (Lipinski definition) is 3. The summed E-state index contributed by atoms with van der Waals surface area (Å²) in [7, 11) is 0. The van der Waals surface area contributed by atoms with E-state index in [-0.39, 0.29) is 11.8 Å². The van der Waals surface area contributed by atoms with Crippen LogP contribution in [0.25, 0.3) is 0 Å². The minimum Gasteiger partial charge on any atom is -0.370 e. The van der Waals surface area contributed by atoms with Crippen LogP contribution >= 0.6 is 0 Å². The van der Waals surface area contributed by atoms with Gasteiger partial charge in [0.2, 0.25) is 5.91 Å². The smallest absolute Gasteiger partial charge is 0.220 e. The minimum absolute atomic E-state index is 0.0808. The number of carbonyl (C=O) groups is 1. The number of nitrogens with zero attached hydrogens (tertiary/aromatic N) is 2. The van der Waals surface area contributed by atoms with Gasteiger partial charge in [0.25, 0.3) is 0 Å². The van der Waals surface area contributed by atoms with Gasteiger partial charge in [0, 0.05) is 18.5 Å². The molecule has 0 spiro atoms. The highest BCUT2D eigenvalue weighted by Crippen LogP contribution is 2.16. The molecule has 0 aromatic heterocycles. The molecule has 1 fully saturated rings. The quantitative estimate of drug-likeness (QED) is 0.348. The molecule has 0 radical (unpaired) electrons. The molecule has 1 aliphatic rings. The van der Waals surface area contributed by atoms with Gasteiger partial charge < -0.3 is 21.7 Å². The largest absolute Gasteiger partial charge is 0.370 e. The van der Waals surface area contributed by atoms with Gasteiger partial charge in [-0.15, -0.1) is 0 Å². The van der Waals surface area contributed by atoms with E-state index in [2.05, 4.69) is 29.1 Å². The Morgan fingerprint density at radius 3 is 2.57 bits per heavy atom. The maximum absolute atomic E-state index is 11.1. The summed E-state index contributed by atoms with van der Waals surface area (Å²) < 4.78 is 0. The second-order valence-electron chi connectivity index (χ2n) is 5.95. The van der Waals surface area contributed by atoms with Gasteiger partial charge in [0.15, 0.2) is 5.96 Å². The summed E-state index contributed by atoms with van der Waals surface area (Å²) in [6.45, 7) is 8.01. The van der Waals surface area contributed by atoms with Crippen LogP contribution < -0.4 is 16.8 Å². The van der Waals surface area contributed by atoms with E-state index in [1.165, 1.54) is 0 Å². The van der Waals surface area contributed by atoms with Crippen molar-refractivity contribution < 1.29 is 4.79 Å². The molecule has 0 aromatic carbocycles. The van der Waals surface area contributed by atoms with Crippen LogP contribution in [0, 0.1) is 5.92 Å². The number of primary amides is 1. The topological polar surface area (TPSA) is 96.7 Å². The third kappa shape index (κ3) is 7.32. The molecule has 1 atom stereocenters. The Bertz CT molecular complexity index is 337. The van der Waals surface area contributed by atoms with Crippen molar-refractivity contribution >= 4 is 11.9 Å². The highest BCUT2D eigenvalue weighted by Gasteiger charge is 2.22. The van der Waals surface area contributed by atoms with Gasteiger partial charge in [-0.2, -0.15) is 0 Å². The predicted octanol–water partition coefficient (Wildman–Crippen LogP) is 0.667. The number of hydrogen-bond acceptors (Lipinski definition) is 3. The van der Waals surface area contributed by atoms with Crippen molar-refractivity contribution in [3.8, 4) is 0 Å². The number of nitrogens with two attached hydrogens (primary N) is 2. The standard InChI is InChI=1S/C15H31N5O/c1-3-12(2)19-15(17)18-8-4-5-9-20-10-6-13(7-11-20)14(16)21/h12-13H,3-11H2,1-2H3,(H2,16,21)(H3,17,18,19). The molecule has 1 aliphatic heterocycles. The highest BCUT2D eigenvalue weighted by molar-refractivity contribution is 5.78. The second-order valence-corrected chi connectivity index (χ2v) is 5.95. The average molecular weight is 297 g/mol. The van der Waals surface area contributed by atoms with Crippen molar-refractivity contribution in [3.05, 3.63) is 0 Å². The van der Waals surface area contributed by atoms with Gasteiger partial charge >= 0.3 is 0 Å². The van der Waals surface area contributed by atoms with Gasteiger partial charge in [-0.1, -0.05) is 6.92 Å². The number of aliphatic imine (C=N–C) groups is 1. The van der Waals surface area contributed by atoms with Crippen molar-refractivity contribution in [2.45, 2.75) is 52.0 Å². The monoisotopic (exact) mass is 297 g/mol. The van der Waals surface area contributed by atoms with Crippen LogP contribution in [0.1, 0.15) is 46.0 Å². The summed E-state index contributed by atoms with van der Waals surface area (Å²) >= 11 is 0. The van der Waals surface area contributed by atoms with Crippen LogP contribution in [0.2, 0.25) is 0 Å². The van der Waals surface area contributed by atoms with Crippen LogP contribution in [0.15, 0.2) is 4.99 Å². The third-order valence-corrected chi connectivity index (χ3v) is 4.16. The number of nitrogens with one attached hydrogen (secondary N) is 1. The number of carbonyl (C=O) groups excluding carboxylic acids is 1. The summed E-state index contributed by atoms with van der Waals surface area (Å²) in [6, 6.07) is 0.375. The normalized spacial score (nSPS) is 19.4. The van der Waals surface area contributed by atoms with Crippen LogP contribution in [-0.4, -0.2) is 49.0 Å². The van der Waals surface area contributed by atoms with Gasteiger partial charge in [-0.25, -0.2) is 0 Å². The molecule has 6 nitrogen and oxygen atoms in total. The zero-order valence-corrected chi connectivity index (χ0v) is 13.5. The van der Waals surface area contributed by atoms with E-state index in [0.717, 1.165) is 58.3 Å². The SMILES string of the molecule is CCC(C)NC(N)=NCCCCN1CCC(C(N)=O)CC1. The lowest BCUT2D eigenvalue weighted by Gasteiger charge is -2.30. The first-order chi connectivity index (χ1) is 10.0. The first kappa shape index (κ1) is 17.8. The first-order valence-corrected chi connectivity index (χ1v) is 8.11. The van der Waals surface area contributed by atoms with Crippen molar-refractivity contribution in [2.24, 2.45) is 22.4 Å². The average Bonchev–Trinajstić information content (AvgIpc) is 2.47. The van der Waals surface area contributed by atoms with Crippen LogP contribution in [0.4, 0.5) is 0 Å². The molecule has 1 saturated heterocycles. The van der Waals surface area contributed by atoms with Crippen molar-refractivity contribution in [3.63, 3.8) is 0 Å². The maximum atomic E-state index is 11.1. The van der Waals surface area contributed by atoms with E-state index in [1.807, 2.05) is 0 Å². The molecule has 5 N–H and O–H groups in total. The van der Waals surface area contributed by atoms with Crippen molar-refractivity contribution in [1.82, 2.24) is 10.2 Å². The fourth-order valence-corrected chi connectivity index (χ4v) is 2.49. The summed E-state index contributed by atoms with van der Waals surface area (Å²) in [4.78, 5) is 17.8. The number of unbranched alkanes of at least 4 members (excludes halogenated alkanes) is 1. The van der Waals surface area contributed by atoms with Gasteiger partial charge in [0.1, 0.15) is 0 Å². The van der Waals surface area contributed by atoms with Gasteiger partial charge in [-0.3, -0.25) is 9.79 Å². The van der Waals surface area contributed by atoms with Gasteiger partial charge in [-0.05, 0) is 58.7 Å². The Morgan fingerprint density at radius 2 is 2.00 bits per heavy atom. The molecule has 1 heterocycles. The van der Waals surface area contributed by atoms with E-state index in [4.69, 9.17) is 11.5 Å². The van der Waals surface area contributed by atoms with E-state index < -0.39 is 0 Å². The molecule has 1 unspecified atom stereocenters. The lowest BCUT2D eigenvalue weighted by Crippen LogP contribution is -2.39. The van der Waals surface area contributed by atoms with Crippen molar-refractivity contribution in [2.75, 3.05) is 26.2 Å². The molecule has 122 valence electrons. The third-order valence-electron chi connectivity index (χ3n) is 4.16. The molecule has 1 rings (SSSR count). The lowest BCUT2D eigenvalue weighted by atomic mass is 9.96. The Balaban J connectivity index is 2.07. The molecular formula is C15H31N5O. The molecule has 0 aromatic rings. The van der Waals surface area contributed by atoms with Crippen molar-refractivity contribution in [1.29, 1.82) is 0 Å². The molecule has 6 heteroatoms. The summed E-state index contributed by atoms with van der Waals surface area (Å²) in [5.74, 6) is 0.483. The zero-order valence-electron chi connectivity index (χ0n) is 13.5. The molecule has 21 heavy (non-hydrogen) atoms. The fourth-order valence-electron chi connectivity index (χ4n) is 2.49. The number of piperidine rings is 1. The van der Waals surface area contributed by atoms with Crippen LogP contribution in [0.3, 0.4) is 0 Å². The number of likely N-dealkylation sites (tertiary alicyclic amines) is 1. The molecule has 0 aliphatic carbocycles. The van der Waals surface area contributed by atoms with Crippen LogP contribution in [-0.2, 0) is 4.79 Å². The Morgan fingerprint density at radius 1 is 1.33 bits per heavy atom. The van der Waals surface area contributed by atoms with E-state index in [9.17, 15) is 4.79 Å². The highest BCUT2D eigenvalue weighted by atomic mass is 16.1. The fraction of sp³-hybridized carbons (Fsp3) is 0.867. The minimum atomic E-state index is -0.145.